The van der Waals surface area contributed by atoms with E-state index in [1.807, 2.05) is 0 Å². The molecule has 1 aromatic rings. The van der Waals surface area contributed by atoms with Crippen molar-refractivity contribution in [3.8, 4) is 0 Å². The third kappa shape index (κ3) is 1.27. The molecule has 8 heavy (non-hydrogen) atoms. The van der Waals surface area contributed by atoms with E-state index in [0.29, 0.717) is 4.35 Å². The first-order valence-electron chi connectivity index (χ1n) is 3.14. The van der Waals surface area contributed by atoms with Gasteiger partial charge in [-0.2, -0.15) is 0 Å². The summed E-state index contributed by atoms with van der Waals surface area (Å²) in [6, 6.07) is 4.97. The first-order valence-corrected chi connectivity index (χ1v) is 3.84. The maximum absolute atomic E-state index is 10.4. The summed E-state index contributed by atoms with van der Waals surface area (Å²) in [7, 11) is 0. The third-order valence-corrected chi connectivity index (χ3v) is 1.72. The summed E-state index contributed by atoms with van der Waals surface area (Å²) in [5.74, 6) is 0. The molecule has 0 bridgehead atoms. The molecule has 0 atom stereocenters. The fourth-order valence-corrected chi connectivity index (χ4v) is 0.930. The quantitative estimate of drug-likeness (QED) is 0.556. The number of rotatable bonds is 1. The van der Waals surface area contributed by atoms with Crippen molar-refractivity contribution in [2.45, 2.75) is 0 Å². The van der Waals surface area contributed by atoms with Crippen LogP contribution in [0.5, 0.6) is 0 Å². The Morgan fingerprint density at radius 3 is 2.62 bits per heavy atom. The first kappa shape index (κ1) is 3.57. The van der Waals surface area contributed by atoms with Gasteiger partial charge in [0.05, 0.1) is 0 Å². The molecule has 1 nitrogen and oxygen atoms in total. The summed E-state index contributed by atoms with van der Waals surface area (Å²) in [5.41, 5.74) is 0. The monoisotopic (exact) mass is 170 g/mol. The minimum atomic E-state index is -1.09. The topological polar surface area (TPSA) is 17.1 Å². The van der Waals surface area contributed by atoms with Gasteiger partial charge in [-0.3, -0.25) is 0 Å². The van der Waals surface area contributed by atoms with E-state index in [1.165, 1.54) is 18.2 Å². The summed E-state index contributed by atoms with van der Waals surface area (Å²) in [6.07, 6.45) is 0. The molecule has 0 spiro atoms. The van der Waals surface area contributed by atoms with Crippen LogP contribution < -0.4 is 4.35 Å². The number of benzene rings is 1. The van der Waals surface area contributed by atoms with Gasteiger partial charge in [-0.25, -0.2) is 0 Å². The Hall–Kier alpha value is -0.422. The van der Waals surface area contributed by atoms with Gasteiger partial charge < -0.3 is 0 Å². The van der Waals surface area contributed by atoms with Crippen LogP contribution in [0.4, 0.5) is 0 Å². The molecule has 0 unspecified atom stereocenters. The zero-order chi connectivity index (χ0) is 7.56. The average molecular weight is 170 g/mol. The molecule has 0 aromatic heterocycles. The van der Waals surface area contributed by atoms with Gasteiger partial charge in [0.1, 0.15) is 0 Å². The normalized spacial score (nSPS) is 13.0. The second kappa shape index (κ2) is 2.78. The zero-order valence-corrected chi connectivity index (χ0v) is 5.96. The summed E-state index contributed by atoms with van der Waals surface area (Å²) in [6.45, 7) is 0. The van der Waals surface area contributed by atoms with Crippen molar-refractivity contribution in [1.29, 1.82) is 0 Å². The van der Waals surface area contributed by atoms with Gasteiger partial charge in [-0.05, 0) is 0 Å². The third-order valence-electron chi connectivity index (χ3n) is 0.735. The predicted molar refractivity (Wildman–Crippen MR) is 32.5 cm³/mol. The summed E-state index contributed by atoms with van der Waals surface area (Å²) >= 11 is -1.09. The van der Waals surface area contributed by atoms with E-state index in [2.05, 4.69) is 0 Å². The van der Waals surface area contributed by atoms with Crippen LogP contribution in [0.1, 0.15) is 2.74 Å². The van der Waals surface area contributed by atoms with Crippen molar-refractivity contribution in [2.75, 3.05) is 0 Å². The van der Waals surface area contributed by atoms with Crippen LogP contribution in [0.15, 0.2) is 30.3 Å². The van der Waals surface area contributed by atoms with Crippen LogP contribution in [0, 0.1) is 0 Å². The van der Waals surface area contributed by atoms with Gasteiger partial charge in [0, 0.05) is 0 Å². The fourth-order valence-electron chi connectivity index (χ4n) is 0.397. The van der Waals surface area contributed by atoms with Gasteiger partial charge >= 0.3 is 56.8 Å². The van der Waals surface area contributed by atoms with Crippen molar-refractivity contribution in [2.24, 2.45) is 0 Å². The van der Waals surface area contributed by atoms with Crippen LogP contribution in [-0.2, 0) is 3.74 Å². The van der Waals surface area contributed by atoms with E-state index in [9.17, 15) is 3.74 Å². The van der Waals surface area contributed by atoms with E-state index >= 15 is 0 Å². The van der Waals surface area contributed by atoms with E-state index in [0.717, 1.165) is 0 Å². The van der Waals surface area contributed by atoms with Crippen LogP contribution in [0.25, 0.3) is 0 Å². The molecule has 40 valence electrons. The van der Waals surface area contributed by atoms with Gasteiger partial charge in [0.15, 0.2) is 0 Å². The van der Waals surface area contributed by atoms with Crippen molar-refractivity contribution in [3.05, 3.63) is 30.3 Å². The molecular formula is C6H5AsO. The molecular weight excluding hydrogens is 163 g/mol. The molecule has 0 aliphatic rings. The van der Waals surface area contributed by atoms with Gasteiger partial charge in [-0.1, -0.05) is 0 Å². The van der Waals surface area contributed by atoms with Gasteiger partial charge in [-0.15, -0.1) is 0 Å². The Morgan fingerprint density at radius 2 is 2.12 bits per heavy atom. The predicted octanol–water partition coefficient (Wildman–Crippen LogP) is 0.362. The summed E-state index contributed by atoms with van der Waals surface area (Å²) in [5, 5.41) is 0. The van der Waals surface area contributed by atoms with Gasteiger partial charge in [0.25, 0.3) is 0 Å². The molecule has 0 saturated carbocycles. The molecule has 1 aromatic carbocycles. The number of hydrogen-bond acceptors (Lipinski definition) is 1. The van der Waals surface area contributed by atoms with Crippen LogP contribution in [0.3, 0.4) is 0 Å². The fraction of sp³-hybridized carbons (Fsp3) is 0. The molecule has 0 heterocycles. The SMILES string of the molecule is [2H]c1cc([2H])cc([As]=O)c1. The Balaban J connectivity index is 3.18. The maximum atomic E-state index is 10.4. The molecule has 0 aliphatic heterocycles. The van der Waals surface area contributed by atoms with Gasteiger partial charge in [0.2, 0.25) is 0 Å². The van der Waals surface area contributed by atoms with Crippen molar-refractivity contribution >= 4 is 20.0 Å². The Bertz CT molecular complexity index is 242. The summed E-state index contributed by atoms with van der Waals surface area (Å²) < 4.78 is 25.2. The first-order chi connectivity index (χ1) is 4.72. The molecule has 0 fully saturated rings. The van der Waals surface area contributed by atoms with E-state index in [4.69, 9.17) is 2.74 Å². The van der Waals surface area contributed by atoms with Crippen molar-refractivity contribution in [1.82, 2.24) is 0 Å². The van der Waals surface area contributed by atoms with Crippen LogP contribution in [-0.4, -0.2) is 15.7 Å². The van der Waals surface area contributed by atoms with E-state index < -0.39 is 15.7 Å². The standard InChI is InChI=1S/C6H5AsO/c8-7-6-4-2-1-3-5-6/h1-5H/i2D,3D. The van der Waals surface area contributed by atoms with Crippen molar-refractivity contribution in [3.63, 3.8) is 0 Å². The second-order valence-corrected chi connectivity index (χ2v) is 2.75. The molecule has 0 radical (unpaired) electrons. The van der Waals surface area contributed by atoms with Crippen LogP contribution >= 0.6 is 0 Å². The molecule has 0 amide bonds. The Labute approximate surface area is 57.4 Å². The second-order valence-electron chi connectivity index (χ2n) is 1.28. The Kier molecular flexibility index (Phi) is 1.24. The molecule has 0 saturated heterocycles. The van der Waals surface area contributed by atoms with E-state index in [1.54, 1.807) is 0 Å². The zero-order valence-electron chi connectivity index (χ0n) is 6.09. The minimum absolute atomic E-state index is 0.258. The molecule has 2 heteroatoms. The molecule has 0 aliphatic carbocycles. The van der Waals surface area contributed by atoms with Crippen molar-refractivity contribution < 1.29 is 6.48 Å². The summed E-state index contributed by atoms with van der Waals surface area (Å²) in [4.78, 5) is 0. The van der Waals surface area contributed by atoms with Crippen LogP contribution in [0.2, 0.25) is 0 Å². The molecule has 1 rings (SSSR count). The number of hydrogen-bond donors (Lipinski definition) is 0. The van der Waals surface area contributed by atoms with E-state index in [-0.39, 0.29) is 12.1 Å². The Morgan fingerprint density at radius 1 is 1.50 bits per heavy atom. The molecule has 0 N–H and O–H groups in total. The average Bonchev–Trinajstić information content (AvgIpc) is 1.85.